The van der Waals surface area contributed by atoms with E-state index in [2.05, 4.69) is 5.32 Å². The maximum Gasteiger partial charge on any atom is 0.131 e. The average molecular weight is 328 g/mol. The Labute approximate surface area is 133 Å². The van der Waals surface area contributed by atoms with Crippen LogP contribution in [0.4, 0.5) is 4.39 Å². The van der Waals surface area contributed by atoms with Crippen LogP contribution in [0, 0.1) is 5.82 Å². The highest BCUT2D eigenvalue weighted by Gasteiger charge is 2.16. The van der Waals surface area contributed by atoms with Crippen LogP contribution in [0.15, 0.2) is 36.4 Å². The summed E-state index contributed by atoms with van der Waals surface area (Å²) in [5, 5.41) is 4.13. The zero-order chi connectivity index (χ0) is 15.4. The van der Waals surface area contributed by atoms with Gasteiger partial charge >= 0.3 is 0 Å². The summed E-state index contributed by atoms with van der Waals surface area (Å²) in [7, 11) is 3.31. The minimum Gasteiger partial charge on any atom is -0.497 e. The normalized spacial score (nSPS) is 12.2. The molecule has 1 unspecified atom stereocenters. The van der Waals surface area contributed by atoms with Gasteiger partial charge in [-0.1, -0.05) is 35.3 Å². The van der Waals surface area contributed by atoms with Gasteiger partial charge in [0, 0.05) is 17.7 Å². The monoisotopic (exact) mass is 327 g/mol. The first-order valence-corrected chi connectivity index (χ1v) is 7.25. The fourth-order valence-electron chi connectivity index (χ4n) is 2.19. The van der Waals surface area contributed by atoms with Crippen LogP contribution in [0.25, 0.3) is 0 Å². The van der Waals surface area contributed by atoms with Gasteiger partial charge in [0.15, 0.2) is 0 Å². The Morgan fingerprint density at radius 2 is 1.90 bits per heavy atom. The van der Waals surface area contributed by atoms with Crippen LogP contribution in [0.5, 0.6) is 5.75 Å². The van der Waals surface area contributed by atoms with E-state index in [0.29, 0.717) is 27.8 Å². The number of benzene rings is 2. The van der Waals surface area contributed by atoms with Crippen molar-refractivity contribution in [1.82, 2.24) is 5.32 Å². The molecule has 0 radical (unpaired) electrons. The first-order valence-electron chi connectivity index (χ1n) is 6.49. The van der Waals surface area contributed by atoms with Crippen molar-refractivity contribution in [3.05, 3.63) is 63.4 Å². The summed E-state index contributed by atoms with van der Waals surface area (Å²) in [6, 6.07) is 10.1. The van der Waals surface area contributed by atoms with Gasteiger partial charge in [0.2, 0.25) is 0 Å². The number of ether oxygens (including phenoxy) is 1. The van der Waals surface area contributed by atoms with Crippen molar-refractivity contribution in [2.75, 3.05) is 14.2 Å². The summed E-state index contributed by atoms with van der Waals surface area (Å²) in [5.74, 6) is 0.203. The van der Waals surface area contributed by atoms with Crippen LogP contribution in [0.3, 0.4) is 0 Å². The minimum absolute atomic E-state index is 0.159. The van der Waals surface area contributed by atoms with Crippen molar-refractivity contribution in [3.63, 3.8) is 0 Å². The first kappa shape index (κ1) is 16.1. The number of rotatable bonds is 5. The van der Waals surface area contributed by atoms with Crippen LogP contribution < -0.4 is 10.1 Å². The van der Waals surface area contributed by atoms with Crippen molar-refractivity contribution in [1.29, 1.82) is 0 Å². The second-order valence-corrected chi connectivity index (χ2v) is 5.50. The lowest BCUT2D eigenvalue weighted by molar-refractivity contribution is 0.409. The summed E-state index contributed by atoms with van der Waals surface area (Å²) in [4.78, 5) is 0. The molecule has 0 bridgehead atoms. The Kier molecular flexibility index (Phi) is 5.45. The van der Waals surface area contributed by atoms with Crippen LogP contribution in [-0.4, -0.2) is 14.2 Å². The third kappa shape index (κ3) is 3.88. The molecule has 0 saturated carbocycles. The first-order chi connectivity index (χ1) is 10.0. The lowest BCUT2D eigenvalue weighted by atomic mass is 9.98. The lowest BCUT2D eigenvalue weighted by Crippen LogP contribution is -2.20. The van der Waals surface area contributed by atoms with E-state index in [1.54, 1.807) is 31.3 Å². The molecule has 0 fully saturated rings. The molecule has 1 atom stereocenters. The SMILES string of the molecule is CNC(Cc1ccc(Cl)c(Cl)c1)c1ccc(OC)cc1F. The summed E-state index contributed by atoms with van der Waals surface area (Å²) < 4.78 is 19.2. The van der Waals surface area contributed by atoms with Gasteiger partial charge in [-0.15, -0.1) is 0 Å². The number of hydrogen-bond donors (Lipinski definition) is 1. The zero-order valence-corrected chi connectivity index (χ0v) is 13.3. The number of hydrogen-bond acceptors (Lipinski definition) is 2. The maximum atomic E-state index is 14.2. The highest BCUT2D eigenvalue weighted by Crippen LogP contribution is 2.27. The lowest BCUT2D eigenvalue weighted by Gasteiger charge is -2.18. The van der Waals surface area contributed by atoms with E-state index in [1.165, 1.54) is 13.2 Å². The van der Waals surface area contributed by atoms with E-state index in [0.717, 1.165) is 5.56 Å². The molecule has 2 aromatic rings. The van der Waals surface area contributed by atoms with Crippen molar-refractivity contribution in [2.24, 2.45) is 0 Å². The Bertz CT molecular complexity index is 634. The van der Waals surface area contributed by atoms with Crippen molar-refractivity contribution < 1.29 is 9.13 Å². The van der Waals surface area contributed by atoms with Crippen LogP contribution in [-0.2, 0) is 6.42 Å². The standard InChI is InChI=1S/C16H16Cl2FNO/c1-20-16(8-10-3-6-13(17)14(18)7-10)12-5-4-11(21-2)9-15(12)19/h3-7,9,16,20H,8H2,1-2H3. The Hall–Kier alpha value is -1.29. The molecule has 2 aromatic carbocycles. The Balaban J connectivity index is 2.25. The summed E-state index contributed by atoms with van der Waals surface area (Å²) in [6.45, 7) is 0. The molecular weight excluding hydrogens is 312 g/mol. The molecule has 0 aliphatic rings. The second-order valence-electron chi connectivity index (χ2n) is 4.68. The summed E-state index contributed by atoms with van der Waals surface area (Å²) >= 11 is 11.9. The van der Waals surface area contributed by atoms with Gasteiger partial charge in [-0.25, -0.2) is 4.39 Å². The van der Waals surface area contributed by atoms with Crippen molar-refractivity contribution in [2.45, 2.75) is 12.5 Å². The second kappa shape index (κ2) is 7.12. The van der Waals surface area contributed by atoms with Gasteiger partial charge in [0.05, 0.1) is 17.2 Å². The van der Waals surface area contributed by atoms with Crippen LogP contribution >= 0.6 is 23.2 Å². The summed E-state index contributed by atoms with van der Waals surface area (Å²) in [6.07, 6.45) is 0.608. The van der Waals surface area contributed by atoms with E-state index in [1.807, 2.05) is 6.07 Å². The number of methoxy groups -OCH3 is 1. The molecule has 112 valence electrons. The van der Waals surface area contributed by atoms with Gasteiger partial charge in [-0.2, -0.15) is 0 Å². The molecular formula is C16H16Cl2FNO. The van der Waals surface area contributed by atoms with E-state index in [9.17, 15) is 4.39 Å². The van der Waals surface area contributed by atoms with Gasteiger partial charge in [0.25, 0.3) is 0 Å². The van der Waals surface area contributed by atoms with Crippen molar-refractivity contribution in [3.8, 4) is 5.75 Å². The highest BCUT2D eigenvalue weighted by molar-refractivity contribution is 6.42. The van der Waals surface area contributed by atoms with Gasteiger partial charge < -0.3 is 10.1 Å². The highest BCUT2D eigenvalue weighted by atomic mass is 35.5. The number of likely N-dealkylation sites (N-methyl/N-ethyl adjacent to an activating group) is 1. The molecule has 21 heavy (non-hydrogen) atoms. The molecule has 1 N–H and O–H groups in total. The predicted molar refractivity (Wildman–Crippen MR) is 84.9 cm³/mol. The third-order valence-corrected chi connectivity index (χ3v) is 4.09. The number of halogens is 3. The third-order valence-electron chi connectivity index (χ3n) is 3.36. The van der Waals surface area contributed by atoms with Gasteiger partial charge in [-0.3, -0.25) is 0 Å². The van der Waals surface area contributed by atoms with Gasteiger partial charge in [0.1, 0.15) is 11.6 Å². The minimum atomic E-state index is -0.297. The summed E-state index contributed by atoms with van der Waals surface area (Å²) in [5.41, 5.74) is 1.57. The molecule has 5 heteroatoms. The molecule has 0 aromatic heterocycles. The zero-order valence-electron chi connectivity index (χ0n) is 11.8. The molecule has 2 nitrogen and oxygen atoms in total. The quantitative estimate of drug-likeness (QED) is 0.863. The predicted octanol–water partition coefficient (Wildman–Crippen LogP) is 4.64. The molecule has 0 saturated heterocycles. The largest absolute Gasteiger partial charge is 0.497 e. The fraction of sp³-hybridized carbons (Fsp3) is 0.250. The Morgan fingerprint density at radius 3 is 2.48 bits per heavy atom. The smallest absolute Gasteiger partial charge is 0.131 e. The molecule has 0 amide bonds. The van der Waals surface area contributed by atoms with E-state index >= 15 is 0 Å². The van der Waals surface area contributed by atoms with Gasteiger partial charge in [-0.05, 0) is 37.2 Å². The molecule has 0 aliphatic carbocycles. The Morgan fingerprint density at radius 1 is 1.14 bits per heavy atom. The van der Waals surface area contributed by atoms with Crippen LogP contribution in [0.1, 0.15) is 17.2 Å². The van der Waals surface area contributed by atoms with E-state index < -0.39 is 0 Å². The topological polar surface area (TPSA) is 21.3 Å². The molecule has 0 spiro atoms. The van der Waals surface area contributed by atoms with E-state index in [4.69, 9.17) is 27.9 Å². The van der Waals surface area contributed by atoms with Crippen LogP contribution in [0.2, 0.25) is 10.0 Å². The number of nitrogens with one attached hydrogen (secondary N) is 1. The molecule has 0 aliphatic heterocycles. The van der Waals surface area contributed by atoms with E-state index in [-0.39, 0.29) is 11.9 Å². The molecule has 0 heterocycles. The fourth-order valence-corrected chi connectivity index (χ4v) is 2.51. The average Bonchev–Trinajstić information content (AvgIpc) is 2.48. The molecule has 2 rings (SSSR count). The van der Waals surface area contributed by atoms with Crippen molar-refractivity contribution >= 4 is 23.2 Å². The maximum absolute atomic E-state index is 14.2.